The highest BCUT2D eigenvalue weighted by molar-refractivity contribution is 5.96. The van der Waals surface area contributed by atoms with Crippen LogP contribution in [0, 0.1) is 25.2 Å². The highest BCUT2D eigenvalue weighted by Crippen LogP contribution is 2.22. The van der Waals surface area contributed by atoms with Gasteiger partial charge < -0.3 is 14.6 Å². The predicted octanol–water partition coefficient (Wildman–Crippen LogP) is 3.75. The van der Waals surface area contributed by atoms with Crippen molar-refractivity contribution in [3.05, 3.63) is 64.7 Å². The molecule has 2 aromatic carbocycles. The summed E-state index contributed by atoms with van der Waals surface area (Å²) < 4.78 is 11.4. The molecule has 128 valence electrons. The number of carboxylic acid groups (broad SMARTS) is 1. The van der Waals surface area contributed by atoms with Crippen LogP contribution in [0.25, 0.3) is 6.08 Å². The lowest BCUT2D eigenvalue weighted by molar-refractivity contribution is -0.132. The predicted molar refractivity (Wildman–Crippen MR) is 94.6 cm³/mol. The third-order valence-electron chi connectivity index (χ3n) is 3.51. The van der Waals surface area contributed by atoms with Crippen LogP contribution >= 0.6 is 0 Å². The molecule has 0 fully saturated rings. The summed E-state index contributed by atoms with van der Waals surface area (Å²) in [5, 5.41) is 17.8. The summed E-state index contributed by atoms with van der Waals surface area (Å²) >= 11 is 0. The molecule has 0 spiro atoms. The van der Waals surface area contributed by atoms with Crippen LogP contribution in [0.5, 0.6) is 11.5 Å². The summed E-state index contributed by atoms with van der Waals surface area (Å²) in [7, 11) is 0. The van der Waals surface area contributed by atoms with Crippen molar-refractivity contribution >= 4 is 12.0 Å². The number of para-hydroxylation sites is 1. The summed E-state index contributed by atoms with van der Waals surface area (Å²) in [6, 6.07) is 14.6. The Bertz CT molecular complexity index is 834. The summed E-state index contributed by atoms with van der Waals surface area (Å²) in [4.78, 5) is 11.0. The van der Waals surface area contributed by atoms with E-state index >= 15 is 0 Å². The molecule has 25 heavy (non-hydrogen) atoms. The van der Waals surface area contributed by atoms with Gasteiger partial charge in [0.05, 0.1) is 0 Å². The van der Waals surface area contributed by atoms with Gasteiger partial charge in [0.25, 0.3) is 0 Å². The second-order valence-electron chi connectivity index (χ2n) is 5.48. The molecule has 0 saturated carbocycles. The van der Waals surface area contributed by atoms with Crippen LogP contribution in [-0.4, -0.2) is 24.3 Å². The monoisotopic (exact) mass is 337 g/mol. The fourth-order valence-electron chi connectivity index (χ4n) is 2.19. The van der Waals surface area contributed by atoms with Crippen LogP contribution in [-0.2, 0) is 4.79 Å². The first-order chi connectivity index (χ1) is 12.0. The van der Waals surface area contributed by atoms with Gasteiger partial charge in [-0.3, -0.25) is 0 Å². The van der Waals surface area contributed by atoms with Crippen LogP contribution < -0.4 is 9.47 Å². The first-order valence-electron chi connectivity index (χ1n) is 7.78. The van der Waals surface area contributed by atoms with Crippen LogP contribution in [0.4, 0.5) is 0 Å². The third-order valence-corrected chi connectivity index (χ3v) is 3.51. The zero-order valence-corrected chi connectivity index (χ0v) is 14.2. The van der Waals surface area contributed by atoms with E-state index in [1.807, 2.05) is 32.0 Å². The minimum atomic E-state index is -1.27. The summed E-state index contributed by atoms with van der Waals surface area (Å²) in [5.74, 6) is 0.0473. The minimum Gasteiger partial charge on any atom is -0.490 e. The highest BCUT2D eigenvalue weighted by Gasteiger charge is 2.08. The van der Waals surface area contributed by atoms with Crippen molar-refractivity contribution in [3.8, 4) is 17.6 Å². The van der Waals surface area contributed by atoms with Crippen LogP contribution in [0.1, 0.15) is 16.7 Å². The molecule has 0 unspecified atom stereocenters. The normalized spacial score (nSPS) is 10.8. The molecule has 2 aromatic rings. The van der Waals surface area contributed by atoms with E-state index in [1.54, 1.807) is 30.3 Å². The zero-order valence-electron chi connectivity index (χ0n) is 14.2. The minimum absolute atomic E-state index is 0.299. The quantitative estimate of drug-likeness (QED) is 0.473. The van der Waals surface area contributed by atoms with E-state index in [0.717, 1.165) is 16.9 Å². The molecule has 5 heteroatoms. The largest absolute Gasteiger partial charge is 0.490 e. The van der Waals surface area contributed by atoms with Gasteiger partial charge in [-0.1, -0.05) is 30.3 Å². The van der Waals surface area contributed by atoms with Crippen molar-refractivity contribution in [2.24, 2.45) is 0 Å². The summed E-state index contributed by atoms with van der Waals surface area (Å²) in [6.45, 7) is 4.63. The molecule has 0 aliphatic rings. The number of aryl methyl sites for hydroxylation is 2. The van der Waals surface area contributed by atoms with Gasteiger partial charge >= 0.3 is 5.97 Å². The van der Waals surface area contributed by atoms with Gasteiger partial charge in [-0.05, 0) is 43.2 Å². The number of carbonyl (C=O) groups is 1. The molecule has 0 radical (unpaired) electrons. The Balaban J connectivity index is 2.01. The molecular weight excluding hydrogens is 318 g/mol. The van der Waals surface area contributed by atoms with Gasteiger partial charge in [-0.15, -0.1) is 0 Å². The Morgan fingerprint density at radius 1 is 1.12 bits per heavy atom. The molecule has 0 aliphatic carbocycles. The Morgan fingerprint density at radius 3 is 2.48 bits per heavy atom. The van der Waals surface area contributed by atoms with E-state index in [1.165, 1.54) is 6.08 Å². The first kappa shape index (κ1) is 18.1. The molecule has 0 aliphatic heterocycles. The number of hydrogen-bond donors (Lipinski definition) is 1. The number of ether oxygens (including phenoxy) is 2. The molecule has 1 N–H and O–H groups in total. The number of aliphatic carboxylic acids is 1. The SMILES string of the molecule is Cc1ccc(C)c(OCCOc2ccccc2C=C(C#N)C(=O)O)c1. The van der Waals surface area contributed by atoms with Gasteiger partial charge in [-0.2, -0.15) is 5.26 Å². The average Bonchev–Trinajstić information content (AvgIpc) is 2.60. The number of carboxylic acids is 1. The second-order valence-corrected chi connectivity index (χ2v) is 5.48. The lowest BCUT2D eigenvalue weighted by atomic mass is 10.1. The highest BCUT2D eigenvalue weighted by atomic mass is 16.5. The van der Waals surface area contributed by atoms with Crippen molar-refractivity contribution < 1.29 is 19.4 Å². The second kappa shape index (κ2) is 8.55. The zero-order chi connectivity index (χ0) is 18.2. The Labute approximate surface area is 146 Å². The molecule has 0 atom stereocenters. The topological polar surface area (TPSA) is 79.5 Å². The maximum atomic E-state index is 11.0. The molecule has 0 aromatic heterocycles. The van der Waals surface area contributed by atoms with E-state index in [2.05, 4.69) is 0 Å². The molecule has 0 heterocycles. The van der Waals surface area contributed by atoms with E-state index < -0.39 is 5.97 Å². The lowest BCUT2D eigenvalue weighted by Gasteiger charge is -2.12. The first-order valence-corrected chi connectivity index (χ1v) is 7.78. The van der Waals surface area contributed by atoms with E-state index in [-0.39, 0.29) is 5.57 Å². The van der Waals surface area contributed by atoms with Crippen molar-refractivity contribution in [1.29, 1.82) is 5.26 Å². The average molecular weight is 337 g/mol. The molecule has 0 bridgehead atoms. The van der Waals surface area contributed by atoms with Crippen LogP contribution in [0.2, 0.25) is 0 Å². The number of hydrogen-bond acceptors (Lipinski definition) is 4. The van der Waals surface area contributed by atoms with Crippen molar-refractivity contribution in [2.75, 3.05) is 13.2 Å². The number of benzene rings is 2. The lowest BCUT2D eigenvalue weighted by Crippen LogP contribution is -2.10. The van der Waals surface area contributed by atoms with Gasteiger partial charge in [-0.25, -0.2) is 4.79 Å². The van der Waals surface area contributed by atoms with Crippen molar-refractivity contribution in [3.63, 3.8) is 0 Å². The van der Waals surface area contributed by atoms with Crippen LogP contribution in [0.3, 0.4) is 0 Å². The smallest absolute Gasteiger partial charge is 0.346 e. The fraction of sp³-hybridized carbons (Fsp3) is 0.200. The van der Waals surface area contributed by atoms with Gasteiger partial charge in [0.15, 0.2) is 0 Å². The Hall–Kier alpha value is -3.26. The maximum Gasteiger partial charge on any atom is 0.346 e. The molecule has 5 nitrogen and oxygen atoms in total. The van der Waals surface area contributed by atoms with Gasteiger partial charge in [0, 0.05) is 5.56 Å². The van der Waals surface area contributed by atoms with E-state index in [0.29, 0.717) is 24.5 Å². The van der Waals surface area contributed by atoms with E-state index in [4.69, 9.17) is 19.8 Å². The summed E-state index contributed by atoms with van der Waals surface area (Å²) in [6.07, 6.45) is 1.29. The molecule has 0 amide bonds. The number of nitriles is 1. The van der Waals surface area contributed by atoms with Gasteiger partial charge in [0.1, 0.15) is 36.4 Å². The molecule has 2 rings (SSSR count). The fourth-order valence-corrected chi connectivity index (χ4v) is 2.19. The third kappa shape index (κ3) is 5.11. The molecule has 0 saturated heterocycles. The number of rotatable bonds is 7. The maximum absolute atomic E-state index is 11.0. The molecular formula is C20H19NO4. The van der Waals surface area contributed by atoms with Crippen molar-refractivity contribution in [1.82, 2.24) is 0 Å². The van der Waals surface area contributed by atoms with Crippen LogP contribution in [0.15, 0.2) is 48.0 Å². The Morgan fingerprint density at radius 2 is 1.80 bits per heavy atom. The standard InChI is InChI=1S/C20H19NO4/c1-14-7-8-15(2)19(11-14)25-10-9-24-18-6-4-3-5-16(18)12-17(13-21)20(22)23/h3-8,11-12H,9-10H2,1-2H3,(H,22,23). The number of nitrogens with zero attached hydrogens (tertiary/aromatic N) is 1. The van der Waals surface area contributed by atoms with Crippen molar-refractivity contribution in [2.45, 2.75) is 13.8 Å². The summed E-state index contributed by atoms with van der Waals surface area (Å²) in [5.41, 5.74) is 2.36. The van der Waals surface area contributed by atoms with E-state index in [9.17, 15) is 4.79 Å². The Kier molecular flexibility index (Phi) is 6.19. The van der Waals surface area contributed by atoms with Gasteiger partial charge in [0.2, 0.25) is 0 Å².